The predicted molar refractivity (Wildman–Crippen MR) is 71.0 cm³/mol. The van der Waals surface area contributed by atoms with Crippen molar-refractivity contribution in [2.45, 2.75) is 26.3 Å². The van der Waals surface area contributed by atoms with Crippen molar-refractivity contribution in [1.29, 1.82) is 0 Å². The van der Waals surface area contributed by atoms with E-state index in [9.17, 15) is 5.11 Å². The fourth-order valence-electron chi connectivity index (χ4n) is 1.69. The Labute approximate surface area is 109 Å². The van der Waals surface area contributed by atoms with E-state index >= 15 is 0 Å². The minimum Gasteiger partial charge on any atom is -0.508 e. The lowest BCUT2D eigenvalue weighted by Gasteiger charge is -2.09. The lowest BCUT2D eigenvalue weighted by Crippen LogP contribution is -2.16. The average Bonchev–Trinajstić information content (AvgIpc) is 3.07. The van der Waals surface area contributed by atoms with Crippen molar-refractivity contribution in [2.75, 3.05) is 13.2 Å². The third kappa shape index (κ3) is 4.44. The number of hydrogen-bond donors (Lipinski definition) is 2. The first-order chi connectivity index (χ1) is 7.79. The van der Waals surface area contributed by atoms with Gasteiger partial charge in [-0.3, -0.25) is 0 Å². The monoisotopic (exact) mass is 257 g/mol. The number of halogens is 1. The molecule has 4 heteroatoms. The van der Waals surface area contributed by atoms with Gasteiger partial charge in [0.1, 0.15) is 11.5 Å². The van der Waals surface area contributed by atoms with Gasteiger partial charge in [0.2, 0.25) is 0 Å². The SMILES string of the molecule is CCOc1ccc(O)c(CNCC2CC2)c1.Cl. The molecule has 96 valence electrons. The minimum atomic E-state index is 0. The summed E-state index contributed by atoms with van der Waals surface area (Å²) >= 11 is 0. The molecule has 2 N–H and O–H groups in total. The summed E-state index contributed by atoms with van der Waals surface area (Å²) in [6.45, 7) is 4.37. The van der Waals surface area contributed by atoms with Crippen molar-refractivity contribution in [2.24, 2.45) is 5.92 Å². The lowest BCUT2D eigenvalue weighted by molar-refractivity contribution is 0.338. The molecule has 1 aromatic carbocycles. The van der Waals surface area contributed by atoms with Crippen molar-refractivity contribution in [3.05, 3.63) is 23.8 Å². The molecule has 0 saturated heterocycles. The zero-order valence-electron chi connectivity index (χ0n) is 10.1. The molecule has 3 nitrogen and oxygen atoms in total. The summed E-state index contributed by atoms with van der Waals surface area (Å²) in [6.07, 6.45) is 2.69. The summed E-state index contributed by atoms with van der Waals surface area (Å²) in [5.74, 6) is 2.02. The summed E-state index contributed by atoms with van der Waals surface area (Å²) < 4.78 is 5.40. The fraction of sp³-hybridized carbons (Fsp3) is 0.538. The maximum atomic E-state index is 9.69. The Morgan fingerprint density at radius 1 is 1.41 bits per heavy atom. The van der Waals surface area contributed by atoms with Crippen LogP contribution in [0.5, 0.6) is 11.5 Å². The van der Waals surface area contributed by atoms with Gasteiger partial charge in [-0.1, -0.05) is 0 Å². The molecule has 0 unspecified atom stereocenters. The molecule has 0 aromatic heterocycles. The second-order valence-electron chi connectivity index (χ2n) is 4.30. The van der Waals surface area contributed by atoms with Gasteiger partial charge < -0.3 is 15.2 Å². The molecule has 17 heavy (non-hydrogen) atoms. The summed E-state index contributed by atoms with van der Waals surface area (Å²) in [4.78, 5) is 0. The quantitative estimate of drug-likeness (QED) is 0.823. The van der Waals surface area contributed by atoms with Crippen molar-refractivity contribution in [1.82, 2.24) is 5.32 Å². The summed E-state index contributed by atoms with van der Waals surface area (Å²) in [7, 11) is 0. The first kappa shape index (κ1) is 14.1. The molecule has 1 fully saturated rings. The highest BCUT2D eigenvalue weighted by Gasteiger charge is 2.20. The molecule has 0 spiro atoms. The van der Waals surface area contributed by atoms with Crippen LogP contribution in [0, 0.1) is 5.92 Å². The standard InChI is InChI=1S/C13H19NO2.ClH/c1-2-16-12-5-6-13(15)11(7-12)9-14-8-10-3-4-10;/h5-7,10,14-15H,2-4,8-9H2,1H3;1H. The zero-order chi connectivity index (χ0) is 11.4. The van der Waals surface area contributed by atoms with Crippen LogP contribution in [0.25, 0.3) is 0 Å². The summed E-state index contributed by atoms with van der Waals surface area (Å²) in [6, 6.07) is 5.39. The van der Waals surface area contributed by atoms with E-state index in [0.717, 1.165) is 23.8 Å². The van der Waals surface area contributed by atoms with Gasteiger partial charge in [-0.05, 0) is 50.4 Å². The molecule has 0 radical (unpaired) electrons. The van der Waals surface area contributed by atoms with Crippen molar-refractivity contribution in [3.8, 4) is 11.5 Å². The molecule has 1 aromatic rings. The summed E-state index contributed by atoms with van der Waals surface area (Å²) in [5, 5.41) is 13.0. The normalized spacial score (nSPS) is 14.2. The molecular formula is C13H20ClNO2. The Bertz CT molecular complexity index is 353. The van der Waals surface area contributed by atoms with E-state index in [1.807, 2.05) is 13.0 Å². The van der Waals surface area contributed by atoms with Gasteiger partial charge in [0.25, 0.3) is 0 Å². The Balaban J connectivity index is 0.00000144. The molecule has 0 aliphatic heterocycles. The van der Waals surface area contributed by atoms with Crippen LogP contribution < -0.4 is 10.1 Å². The number of phenols is 1. The van der Waals surface area contributed by atoms with E-state index < -0.39 is 0 Å². The van der Waals surface area contributed by atoms with E-state index in [2.05, 4.69) is 5.32 Å². The molecule has 1 aliphatic carbocycles. The van der Waals surface area contributed by atoms with Crippen molar-refractivity contribution >= 4 is 12.4 Å². The van der Waals surface area contributed by atoms with Crippen LogP contribution >= 0.6 is 12.4 Å². The largest absolute Gasteiger partial charge is 0.508 e. The minimum absolute atomic E-state index is 0. The van der Waals surface area contributed by atoms with E-state index in [-0.39, 0.29) is 12.4 Å². The van der Waals surface area contributed by atoms with Crippen LogP contribution in [-0.4, -0.2) is 18.3 Å². The van der Waals surface area contributed by atoms with Crippen LogP contribution in [0.15, 0.2) is 18.2 Å². The predicted octanol–water partition coefficient (Wildman–Crippen LogP) is 2.71. The van der Waals surface area contributed by atoms with Gasteiger partial charge >= 0.3 is 0 Å². The van der Waals surface area contributed by atoms with Crippen LogP contribution in [0.2, 0.25) is 0 Å². The smallest absolute Gasteiger partial charge is 0.120 e. The number of nitrogens with one attached hydrogen (secondary N) is 1. The Morgan fingerprint density at radius 2 is 2.18 bits per heavy atom. The van der Waals surface area contributed by atoms with Crippen LogP contribution in [0.1, 0.15) is 25.3 Å². The van der Waals surface area contributed by atoms with Crippen LogP contribution in [0.3, 0.4) is 0 Å². The molecule has 0 atom stereocenters. The number of ether oxygens (including phenoxy) is 1. The Hall–Kier alpha value is -0.930. The molecule has 0 amide bonds. The van der Waals surface area contributed by atoms with Crippen molar-refractivity contribution in [3.63, 3.8) is 0 Å². The Kier molecular flexibility index (Phi) is 5.59. The fourth-order valence-corrected chi connectivity index (χ4v) is 1.69. The number of phenolic OH excluding ortho intramolecular Hbond substituents is 1. The van der Waals surface area contributed by atoms with Gasteiger partial charge in [0, 0.05) is 12.1 Å². The Morgan fingerprint density at radius 3 is 2.82 bits per heavy atom. The number of rotatable bonds is 6. The lowest BCUT2D eigenvalue weighted by atomic mass is 10.2. The third-order valence-corrected chi connectivity index (χ3v) is 2.81. The highest BCUT2D eigenvalue weighted by molar-refractivity contribution is 5.85. The van der Waals surface area contributed by atoms with E-state index in [1.54, 1.807) is 12.1 Å². The highest BCUT2D eigenvalue weighted by Crippen LogP contribution is 2.28. The molecule has 0 bridgehead atoms. The van der Waals surface area contributed by atoms with E-state index in [4.69, 9.17) is 4.74 Å². The first-order valence-corrected chi connectivity index (χ1v) is 5.95. The highest BCUT2D eigenvalue weighted by atomic mass is 35.5. The van der Waals surface area contributed by atoms with Crippen LogP contribution in [0.4, 0.5) is 0 Å². The number of aromatic hydroxyl groups is 1. The zero-order valence-corrected chi connectivity index (χ0v) is 10.9. The van der Waals surface area contributed by atoms with Gasteiger partial charge in [0.05, 0.1) is 6.61 Å². The number of benzene rings is 1. The van der Waals surface area contributed by atoms with E-state index in [0.29, 0.717) is 18.9 Å². The molecule has 1 saturated carbocycles. The maximum Gasteiger partial charge on any atom is 0.120 e. The molecular weight excluding hydrogens is 238 g/mol. The number of hydrogen-bond acceptors (Lipinski definition) is 3. The van der Waals surface area contributed by atoms with Crippen LogP contribution in [-0.2, 0) is 6.54 Å². The first-order valence-electron chi connectivity index (χ1n) is 5.95. The van der Waals surface area contributed by atoms with E-state index in [1.165, 1.54) is 12.8 Å². The van der Waals surface area contributed by atoms with Gasteiger partial charge in [-0.25, -0.2) is 0 Å². The van der Waals surface area contributed by atoms with Gasteiger partial charge in [-0.2, -0.15) is 0 Å². The van der Waals surface area contributed by atoms with Crippen molar-refractivity contribution < 1.29 is 9.84 Å². The summed E-state index contributed by atoms with van der Waals surface area (Å²) in [5.41, 5.74) is 0.909. The molecule has 1 aliphatic rings. The second kappa shape index (κ2) is 6.72. The van der Waals surface area contributed by atoms with Gasteiger partial charge in [0.15, 0.2) is 0 Å². The van der Waals surface area contributed by atoms with Gasteiger partial charge in [-0.15, -0.1) is 12.4 Å². The maximum absolute atomic E-state index is 9.69. The molecule has 0 heterocycles. The second-order valence-corrected chi connectivity index (χ2v) is 4.30. The molecule has 2 rings (SSSR count). The topological polar surface area (TPSA) is 41.5 Å². The average molecular weight is 258 g/mol. The third-order valence-electron chi connectivity index (χ3n) is 2.81.